The fourth-order valence-corrected chi connectivity index (χ4v) is 4.66. The Hall–Kier alpha value is -3.12. The van der Waals surface area contributed by atoms with Gasteiger partial charge < -0.3 is 5.32 Å². The zero-order valence-corrected chi connectivity index (χ0v) is 18.9. The van der Waals surface area contributed by atoms with E-state index in [2.05, 4.69) is 36.5 Å². The van der Waals surface area contributed by atoms with E-state index in [1.165, 1.54) is 22.5 Å². The van der Waals surface area contributed by atoms with Crippen LogP contribution in [0.5, 0.6) is 0 Å². The number of nitrogens with one attached hydrogen (secondary N) is 1. The second-order valence-corrected chi connectivity index (χ2v) is 9.60. The van der Waals surface area contributed by atoms with Crippen molar-refractivity contribution in [3.8, 4) is 0 Å². The first kappa shape index (κ1) is 22.6. The Labute approximate surface area is 184 Å². The first-order valence-electron chi connectivity index (χ1n) is 10.3. The van der Waals surface area contributed by atoms with E-state index in [1.54, 1.807) is 55.5 Å². The quantitative estimate of drug-likeness (QED) is 0.529. The summed E-state index contributed by atoms with van der Waals surface area (Å²) in [4.78, 5) is 12.7. The Morgan fingerprint density at radius 1 is 0.935 bits per heavy atom. The fourth-order valence-electron chi connectivity index (χ4n) is 3.38. The van der Waals surface area contributed by atoms with Gasteiger partial charge in [-0.05, 0) is 68.1 Å². The molecule has 0 aliphatic rings. The van der Waals surface area contributed by atoms with Crippen molar-refractivity contribution in [3.63, 3.8) is 0 Å². The topological polar surface area (TPSA) is 66.5 Å². The van der Waals surface area contributed by atoms with Crippen molar-refractivity contribution in [2.24, 2.45) is 0 Å². The Bertz CT molecular complexity index is 1140. The van der Waals surface area contributed by atoms with Crippen LogP contribution in [0.2, 0.25) is 0 Å². The van der Waals surface area contributed by atoms with Crippen molar-refractivity contribution in [1.29, 1.82) is 0 Å². The molecule has 0 aliphatic heterocycles. The SMILES string of the molecule is Cc1ccc(CCCNC(=O)c2ccc(N(C)S(=O)(=O)c3ccccc3)c(C)c2)cc1. The molecule has 0 spiro atoms. The molecule has 162 valence electrons. The van der Waals surface area contributed by atoms with Crippen LogP contribution in [0.15, 0.2) is 77.7 Å². The third kappa shape index (κ3) is 5.52. The number of hydrogen-bond donors (Lipinski definition) is 1. The van der Waals surface area contributed by atoms with Gasteiger partial charge in [0.05, 0.1) is 10.6 Å². The molecule has 1 amide bonds. The maximum absolute atomic E-state index is 12.9. The predicted octanol–water partition coefficient (Wildman–Crippen LogP) is 4.49. The summed E-state index contributed by atoms with van der Waals surface area (Å²) in [6.07, 6.45) is 1.75. The first-order valence-corrected chi connectivity index (χ1v) is 11.7. The lowest BCUT2D eigenvalue weighted by atomic mass is 10.1. The Kier molecular flexibility index (Phi) is 7.13. The zero-order chi connectivity index (χ0) is 22.4. The van der Waals surface area contributed by atoms with Crippen LogP contribution in [0, 0.1) is 13.8 Å². The smallest absolute Gasteiger partial charge is 0.264 e. The minimum atomic E-state index is -3.66. The van der Waals surface area contributed by atoms with E-state index in [9.17, 15) is 13.2 Å². The normalized spacial score (nSPS) is 11.2. The summed E-state index contributed by atoms with van der Waals surface area (Å²) in [6, 6.07) is 21.8. The minimum absolute atomic E-state index is 0.160. The molecule has 31 heavy (non-hydrogen) atoms. The number of rotatable bonds is 8. The molecule has 0 fully saturated rings. The second kappa shape index (κ2) is 9.79. The maximum Gasteiger partial charge on any atom is 0.264 e. The van der Waals surface area contributed by atoms with Crippen molar-refractivity contribution in [2.75, 3.05) is 17.9 Å². The van der Waals surface area contributed by atoms with E-state index in [0.717, 1.165) is 12.8 Å². The van der Waals surface area contributed by atoms with Crippen LogP contribution in [0.3, 0.4) is 0 Å². The highest BCUT2D eigenvalue weighted by molar-refractivity contribution is 7.92. The standard InChI is InChI=1S/C25H28N2O3S/c1-19-11-13-21(14-12-19)8-7-17-26-25(28)22-15-16-24(20(2)18-22)27(3)31(29,30)23-9-5-4-6-10-23/h4-6,9-16,18H,7-8,17H2,1-3H3,(H,26,28). The summed E-state index contributed by atoms with van der Waals surface area (Å²) < 4.78 is 27.0. The third-order valence-corrected chi connectivity index (χ3v) is 7.03. The molecule has 3 aromatic rings. The van der Waals surface area contributed by atoms with Gasteiger partial charge in [-0.15, -0.1) is 0 Å². The van der Waals surface area contributed by atoms with E-state index in [0.29, 0.717) is 23.4 Å². The van der Waals surface area contributed by atoms with Gasteiger partial charge in [0.1, 0.15) is 0 Å². The molecule has 1 N–H and O–H groups in total. The number of nitrogens with zero attached hydrogens (tertiary/aromatic N) is 1. The molecule has 6 heteroatoms. The summed E-state index contributed by atoms with van der Waals surface area (Å²) in [5, 5.41) is 2.94. The van der Waals surface area contributed by atoms with Crippen LogP contribution in [-0.2, 0) is 16.4 Å². The molecule has 0 unspecified atom stereocenters. The molecule has 0 aliphatic carbocycles. The molecular formula is C25H28N2O3S. The minimum Gasteiger partial charge on any atom is -0.352 e. The maximum atomic E-state index is 12.9. The van der Waals surface area contributed by atoms with Crippen molar-refractivity contribution in [3.05, 3.63) is 95.1 Å². The second-order valence-electron chi connectivity index (χ2n) is 7.63. The van der Waals surface area contributed by atoms with Crippen LogP contribution in [0.1, 0.15) is 33.5 Å². The van der Waals surface area contributed by atoms with Gasteiger partial charge in [-0.25, -0.2) is 8.42 Å². The van der Waals surface area contributed by atoms with Gasteiger partial charge in [0.2, 0.25) is 0 Å². The van der Waals surface area contributed by atoms with Crippen LogP contribution < -0.4 is 9.62 Å². The molecule has 5 nitrogen and oxygen atoms in total. The number of sulfonamides is 1. The summed E-state index contributed by atoms with van der Waals surface area (Å²) in [7, 11) is -2.14. The van der Waals surface area contributed by atoms with Crippen molar-refractivity contribution < 1.29 is 13.2 Å². The summed E-state index contributed by atoms with van der Waals surface area (Å²) in [5.74, 6) is -0.160. The van der Waals surface area contributed by atoms with E-state index < -0.39 is 10.0 Å². The fraction of sp³-hybridized carbons (Fsp3) is 0.240. The summed E-state index contributed by atoms with van der Waals surface area (Å²) in [6.45, 7) is 4.45. The summed E-state index contributed by atoms with van der Waals surface area (Å²) in [5.41, 5.74) is 4.26. The highest BCUT2D eigenvalue weighted by Gasteiger charge is 2.22. The predicted molar refractivity (Wildman–Crippen MR) is 125 cm³/mol. The average molecular weight is 437 g/mol. The number of amides is 1. The van der Waals surface area contributed by atoms with Crippen LogP contribution in [0.25, 0.3) is 0 Å². The number of anilines is 1. The number of benzene rings is 3. The van der Waals surface area contributed by atoms with Crippen LogP contribution in [-0.4, -0.2) is 27.9 Å². The highest BCUT2D eigenvalue weighted by Crippen LogP contribution is 2.26. The van der Waals surface area contributed by atoms with Crippen molar-refractivity contribution in [1.82, 2.24) is 5.32 Å². The molecule has 0 bridgehead atoms. The van der Waals surface area contributed by atoms with E-state index in [4.69, 9.17) is 0 Å². The first-order chi connectivity index (χ1) is 14.8. The van der Waals surface area contributed by atoms with Gasteiger partial charge in [0.15, 0.2) is 0 Å². The number of carbonyl (C=O) groups is 1. The van der Waals surface area contributed by atoms with Crippen LogP contribution in [0.4, 0.5) is 5.69 Å². The van der Waals surface area contributed by atoms with Gasteiger partial charge in [-0.3, -0.25) is 9.10 Å². The van der Waals surface area contributed by atoms with E-state index in [1.807, 2.05) is 0 Å². The molecule has 0 saturated carbocycles. The van der Waals surface area contributed by atoms with Gasteiger partial charge >= 0.3 is 0 Å². The highest BCUT2D eigenvalue weighted by atomic mass is 32.2. The van der Waals surface area contributed by atoms with Crippen LogP contribution >= 0.6 is 0 Å². The van der Waals surface area contributed by atoms with Gasteiger partial charge in [0, 0.05) is 19.2 Å². The Morgan fingerprint density at radius 2 is 1.61 bits per heavy atom. The lowest BCUT2D eigenvalue weighted by Gasteiger charge is -2.22. The lowest BCUT2D eigenvalue weighted by molar-refractivity contribution is 0.0953. The third-order valence-electron chi connectivity index (χ3n) is 5.25. The Balaban J connectivity index is 1.61. The average Bonchev–Trinajstić information content (AvgIpc) is 2.77. The molecule has 3 rings (SSSR count). The monoisotopic (exact) mass is 436 g/mol. The largest absolute Gasteiger partial charge is 0.352 e. The summed E-state index contributed by atoms with van der Waals surface area (Å²) >= 11 is 0. The van der Waals surface area contributed by atoms with Gasteiger partial charge in [-0.1, -0.05) is 48.0 Å². The number of aryl methyl sites for hydroxylation is 3. The van der Waals surface area contributed by atoms with E-state index in [-0.39, 0.29) is 10.8 Å². The zero-order valence-electron chi connectivity index (χ0n) is 18.1. The molecule has 0 heterocycles. The molecular weight excluding hydrogens is 408 g/mol. The van der Waals surface area contributed by atoms with Gasteiger partial charge in [0.25, 0.3) is 15.9 Å². The Morgan fingerprint density at radius 3 is 2.26 bits per heavy atom. The molecule has 0 atom stereocenters. The van der Waals surface area contributed by atoms with Crippen molar-refractivity contribution >= 4 is 21.6 Å². The number of hydrogen-bond acceptors (Lipinski definition) is 3. The van der Waals surface area contributed by atoms with E-state index >= 15 is 0 Å². The molecule has 3 aromatic carbocycles. The molecule has 0 saturated heterocycles. The van der Waals surface area contributed by atoms with Gasteiger partial charge in [-0.2, -0.15) is 0 Å². The lowest BCUT2D eigenvalue weighted by Crippen LogP contribution is -2.28. The molecule has 0 aromatic heterocycles. The number of carbonyl (C=O) groups excluding carboxylic acids is 1. The molecule has 0 radical (unpaired) electrons. The van der Waals surface area contributed by atoms with Crippen molar-refractivity contribution in [2.45, 2.75) is 31.6 Å².